The Morgan fingerprint density at radius 1 is 1.14 bits per heavy atom. The van der Waals surface area contributed by atoms with E-state index in [9.17, 15) is 9.59 Å². The number of nitrogens with zero attached hydrogens (tertiary/aromatic N) is 5. The highest BCUT2D eigenvalue weighted by atomic mass is 16.2. The fourth-order valence-corrected chi connectivity index (χ4v) is 5.24. The summed E-state index contributed by atoms with van der Waals surface area (Å²) in [6, 6.07) is 9.74. The molecule has 0 saturated heterocycles. The predicted molar refractivity (Wildman–Crippen MR) is 139 cm³/mol. The van der Waals surface area contributed by atoms with E-state index in [-0.39, 0.29) is 11.5 Å². The maximum atomic E-state index is 13.5. The second kappa shape index (κ2) is 11.2. The van der Waals surface area contributed by atoms with Gasteiger partial charge in [0.15, 0.2) is 0 Å². The van der Waals surface area contributed by atoms with Crippen LogP contribution in [0.2, 0.25) is 0 Å². The molecule has 8 nitrogen and oxygen atoms in total. The molecule has 2 aromatic heterocycles. The Bertz CT molecular complexity index is 1210. The maximum Gasteiger partial charge on any atom is 0.278 e. The lowest BCUT2D eigenvalue weighted by molar-refractivity contribution is -0.124. The van der Waals surface area contributed by atoms with Gasteiger partial charge in [-0.15, -0.1) is 0 Å². The third-order valence-corrected chi connectivity index (χ3v) is 7.31. The molecule has 188 valence electrons. The fourth-order valence-electron chi connectivity index (χ4n) is 5.24. The molecule has 0 unspecified atom stereocenters. The van der Waals surface area contributed by atoms with Gasteiger partial charge >= 0.3 is 0 Å². The van der Waals surface area contributed by atoms with Crippen LogP contribution in [0.1, 0.15) is 69.3 Å². The van der Waals surface area contributed by atoms with E-state index >= 15 is 0 Å². The molecular formula is C27H38N6O2. The van der Waals surface area contributed by atoms with Crippen LogP contribution in [0.25, 0.3) is 16.6 Å². The fraction of sp³-hybridized carbons (Fsp3) is 0.556. The number of fused-ring (bicyclic) bond motifs is 1. The summed E-state index contributed by atoms with van der Waals surface area (Å²) in [4.78, 5) is 29.0. The Labute approximate surface area is 207 Å². The van der Waals surface area contributed by atoms with Crippen molar-refractivity contribution in [1.29, 1.82) is 0 Å². The van der Waals surface area contributed by atoms with Crippen molar-refractivity contribution >= 4 is 16.8 Å². The molecule has 1 aromatic carbocycles. The van der Waals surface area contributed by atoms with Crippen LogP contribution in [0.3, 0.4) is 0 Å². The van der Waals surface area contributed by atoms with E-state index in [1.54, 1.807) is 4.68 Å². The van der Waals surface area contributed by atoms with Gasteiger partial charge < -0.3 is 10.2 Å². The summed E-state index contributed by atoms with van der Waals surface area (Å²) in [5, 5.41) is 12.7. The second-order valence-electron chi connectivity index (χ2n) is 9.73. The smallest absolute Gasteiger partial charge is 0.278 e. The van der Waals surface area contributed by atoms with E-state index in [1.165, 1.54) is 36.8 Å². The molecule has 1 atom stereocenters. The summed E-state index contributed by atoms with van der Waals surface area (Å²) in [5.41, 5.74) is 2.57. The van der Waals surface area contributed by atoms with Gasteiger partial charge in [0, 0.05) is 12.6 Å². The lowest BCUT2D eigenvalue weighted by Gasteiger charge is -2.31. The van der Waals surface area contributed by atoms with Crippen molar-refractivity contribution in [2.24, 2.45) is 0 Å². The van der Waals surface area contributed by atoms with Crippen molar-refractivity contribution in [3.05, 3.63) is 52.1 Å². The Morgan fingerprint density at radius 2 is 1.86 bits per heavy atom. The molecule has 4 rings (SSSR count). The molecule has 1 aliphatic rings. The van der Waals surface area contributed by atoms with Gasteiger partial charge in [-0.2, -0.15) is 10.2 Å². The van der Waals surface area contributed by atoms with Crippen molar-refractivity contribution in [2.75, 3.05) is 20.1 Å². The summed E-state index contributed by atoms with van der Waals surface area (Å²) in [7, 11) is 2.19. The first-order chi connectivity index (χ1) is 16.9. The quantitative estimate of drug-likeness (QED) is 0.471. The second-order valence-corrected chi connectivity index (χ2v) is 9.73. The van der Waals surface area contributed by atoms with Crippen LogP contribution < -0.4 is 10.9 Å². The average molecular weight is 479 g/mol. The van der Waals surface area contributed by atoms with Crippen molar-refractivity contribution in [2.45, 2.75) is 77.8 Å². The van der Waals surface area contributed by atoms with Gasteiger partial charge in [0.2, 0.25) is 5.91 Å². The molecule has 0 spiro atoms. The zero-order valence-corrected chi connectivity index (χ0v) is 21.5. The third-order valence-electron chi connectivity index (χ3n) is 7.31. The van der Waals surface area contributed by atoms with E-state index < -0.39 is 6.04 Å². The van der Waals surface area contributed by atoms with Gasteiger partial charge in [-0.3, -0.25) is 9.59 Å². The summed E-state index contributed by atoms with van der Waals surface area (Å²) < 4.78 is 3.13. The highest BCUT2D eigenvalue weighted by molar-refractivity contribution is 5.84. The molecule has 0 radical (unpaired) electrons. The zero-order chi connectivity index (χ0) is 24.9. The maximum absolute atomic E-state index is 13.5. The number of hydrogen-bond acceptors (Lipinski definition) is 5. The molecule has 0 aliphatic heterocycles. The molecule has 0 bridgehead atoms. The molecule has 8 heteroatoms. The largest absolute Gasteiger partial charge is 0.354 e. The Kier molecular flexibility index (Phi) is 8.00. The number of aromatic nitrogens is 4. The van der Waals surface area contributed by atoms with Gasteiger partial charge in [0.05, 0.1) is 22.5 Å². The van der Waals surface area contributed by atoms with E-state index in [4.69, 9.17) is 0 Å². The van der Waals surface area contributed by atoms with Crippen molar-refractivity contribution in [3.63, 3.8) is 0 Å². The van der Waals surface area contributed by atoms with Crippen LogP contribution in [0, 0.1) is 13.8 Å². The molecule has 35 heavy (non-hydrogen) atoms. The molecule has 1 fully saturated rings. The first-order valence-electron chi connectivity index (χ1n) is 12.9. The Balaban J connectivity index is 1.48. The predicted octanol–water partition coefficient (Wildman–Crippen LogP) is 3.92. The molecule has 1 aliphatic carbocycles. The van der Waals surface area contributed by atoms with Crippen molar-refractivity contribution in [1.82, 2.24) is 29.8 Å². The molecule has 1 N–H and O–H groups in total. The number of para-hydroxylation sites is 1. The highest BCUT2D eigenvalue weighted by Crippen LogP contribution is 2.22. The topological polar surface area (TPSA) is 85.1 Å². The number of nitrogens with one attached hydrogen (secondary N) is 1. The lowest BCUT2D eigenvalue weighted by atomic mass is 9.94. The van der Waals surface area contributed by atoms with E-state index in [1.807, 2.05) is 51.1 Å². The number of rotatable bonds is 9. The van der Waals surface area contributed by atoms with Crippen LogP contribution in [0.15, 0.2) is 35.1 Å². The number of hydrogen-bond donors (Lipinski definition) is 1. The molecular weight excluding hydrogens is 440 g/mol. The minimum absolute atomic E-state index is 0.158. The van der Waals surface area contributed by atoms with Crippen molar-refractivity contribution in [3.8, 4) is 5.69 Å². The van der Waals surface area contributed by atoms with Crippen LogP contribution in [-0.2, 0) is 4.79 Å². The van der Waals surface area contributed by atoms with Crippen LogP contribution in [0.5, 0.6) is 0 Å². The van der Waals surface area contributed by atoms with E-state index in [0.717, 1.165) is 24.3 Å². The number of benzene rings is 1. The van der Waals surface area contributed by atoms with Crippen LogP contribution in [-0.4, -0.2) is 56.5 Å². The van der Waals surface area contributed by atoms with E-state index in [2.05, 4.69) is 27.5 Å². The van der Waals surface area contributed by atoms with Crippen LogP contribution >= 0.6 is 0 Å². The Morgan fingerprint density at radius 3 is 2.54 bits per heavy atom. The normalized spacial score (nSPS) is 15.6. The monoisotopic (exact) mass is 478 g/mol. The van der Waals surface area contributed by atoms with Crippen molar-refractivity contribution < 1.29 is 4.79 Å². The van der Waals surface area contributed by atoms with Crippen LogP contribution in [0.4, 0.5) is 0 Å². The van der Waals surface area contributed by atoms with Gasteiger partial charge in [-0.1, -0.05) is 44.4 Å². The number of amides is 1. The summed E-state index contributed by atoms with van der Waals surface area (Å²) in [6.07, 6.45) is 7.91. The molecule has 2 heterocycles. The summed E-state index contributed by atoms with van der Waals surface area (Å²) in [5.74, 6) is -0.158. The minimum Gasteiger partial charge on any atom is -0.354 e. The minimum atomic E-state index is -0.652. The van der Waals surface area contributed by atoms with Gasteiger partial charge in [0.25, 0.3) is 5.56 Å². The summed E-state index contributed by atoms with van der Waals surface area (Å²) >= 11 is 0. The zero-order valence-electron chi connectivity index (χ0n) is 21.5. The molecule has 3 aromatic rings. The molecule has 1 amide bonds. The van der Waals surface area contributed by atoms with Gasteiger partial charge in [-0.05, 0) is 65.3 Å². The Hall–Kier alpha value is -3.00. The highest BCUT2D eigenvalue weighted by Gasteiger charge is 2.25. The number of carbonyl (C=O) groups excluding carboxylic acids is 1. The number of carbonyl (C=O) groups is 1. The first-order valence-corrected chi connectivity index (χ1v) is 12.9. The SMILES string of the molecule is CC[C@@H](C(=O)NCCCN(C)C1CCCCC1)n1nc(C)c2nn(-c3ccccc3)c(C)c2c1=O. The first kappa shape index (κ1) is 25.1. The van der Waals surface area contributed by atoms with Gasteiger partial charge in [-0.25, -0.2) is 9.36 Å². The summed E-state index contributed by atoms with van der Waals surface area (Å²) in [6.45, 7) is 7.19. The standard InChI is InChI=1S/C27H38N6O2/c1-5-23(26(34)28-17-12-18-31(4)21-13-8-6-9-14-21)33-27(35)24-20(3)32(22-15-10-7-11-16-22)30-25(24)19(2)29-33/h7,10-11,15-16,21,23H,5-6,8-9,12-14,17-18H2,1-4H3,(H,28,34)/t23-/m0/s1. The van der Waals surface area contributed by atoms with E-state index in [0.29, 0.717) is 35.6 Å². The number of aryl methyl sites for hydroxylation is 2. The lowest BCUT2D eigenvalue weighted by Crippen LogP contribution is -2.40. The average Bonchev–Trinajstić information content (AvgIpc) is 3.24. The molecule has 1 saturated carbocycles. The van der Waals surface area contributed by atoms with Gasteiger partial charge in [0.1, 0.15) is 11.6 Å². The third kappa shape index (κ3) is 5.32.